The second-order valence-corrected chi connectivity index (χ2v) is 6.43. The molecule has 1 heterocycles. The number of halogens is 4. The fraction of sp³-hybridized carbons (Fsp3) is 0.529. The number of ether oxygens (including phenoxy) is 1. The van der Waals surface area contributed by atoms with E-state index in [4.69, 9.17) is 4.74 Å². The highest BCUT2D eigenvalue weighted by Gasteiger charge is 2.43. The maximum atomic E-state index is 13.5. The number of cyclic esters (lactones) is 1. The number of ketones is 1. The fourth-order valence-electron chi connectivity index (χ4n) is 2.92. The number of aryl methyl sites for hydroxylation is 1. The molecular weight excluding hydrogens is 328 g/mol. The average Bonchev–Trinajstić information content (AvgIpc) is 2.42. The molecule has 24 heavy (non-hydrogen) atoms. The highest BCUT2D eigenvalue weighted by atomic mass is 19.4. The van der Waals surface area contributed by atoms with Crippen molar-refractivity contribution in [2.24, 2.45) is 5.92 Å². The van der Waals surface area contributed by atoms with E-state index in [0.29, 0.717) is 6.07 Å². The van der Waals surface area contributed by atoms with Crippen LogP contribution in [0, 0.1) is 11.7 Å². The first-order chi connectivity index (χ1) is 11.0. The number of alkyl halides is 3. The molecule has 132 valence electrons. The average molecular weight is 346 g/mol. The normalized spacial score (nSPS) is 22.0. The molecule has 2 rings (SSSR count). The molecule has 0 radical (unpaired) electrons. The molecule has 1 aliphatic heterocycles. The van der Waals surface area contributed by atoms with Crippen LogP contribution in [0.3, 0.4) is 0 Å². The van der Waals surface area contributed by atoms with Gasteiger partial charge in [-0.15, -0.1) is 0 Å². The van der Waals surface area contributed by atoms with E-state index < -0.39 is 29.1 Å². The minimum atomic E-state index is -4.64. The van der Waals surface area contributed by atoms with Gasteiger partial charge in [0.1, 0.15) is 23.6 Å². The van der Waals surface area contributed by atoms with E-state index in [-0.39, 0.29) is 42.9 Å². The Morgan fingerprint density at radius 1 is 1.21 bits per heavy atom. The molecule has 0 aliphatic carbocycles. The van der Waals surface area contributed by atoms with Crippen LogP contribution < -0.4 is 0 Å². The van der Waals surface area contributed by atoms with Crippen molar-refractivity contribution in [3.63, 3.8) is 0 Å². The Morgan fingerprint density at radius 2 is 1.88 bits per heavy atom. The van der Waals surface area contributed by atoms with Gasteiger partial charge in [-0.2, -0.15) is 13.2 Å². The van der Waals surface area contributed by atoms with Gasteiger partial charge in [0, 0.05) is 6.42 Å². The van der Waals surface area contributed by atoms with E-state index in [0.717, 1.165) is 12.1 Å². The lowest BCUT2D eigenvalue weighted by atomic mass is 9.78. The van der Waals surface area contributed by atoms with Gasteiger partial charge in [0.2, 0.25) is 0 Å². The van der Waals surface area contributed by atoms with Gasteiger partial charge in [-0.3, -0.25) is 9.59 Å². The van der Waals surface area contributed by atoms with E-state index in [1.165, 1.54) is 0 Å². The molecular formula is C17H18F4O3. The summed E-state index contributed by atoms with van der Waals surface area (Å²) in [6.07, 6.45) is -4.67. The minimum absolute atomic E-state index is 0.0256. The van der Waals surface area contributed by atoms with E-state index in [9.17, 15) is 27.2 Å². The lowest BCUT2D eigenvalue weighted by Crippen LogP contribution is -2.47. The van der Waals surface area contributed by atoms with Crippen LogP contribution in [0.25, 0.3) is 0 Å². The van der Waals surface area contributed by atoms with Crippen molar-refractivity contribution < 1.29 is 31.9 Å². The second kappa shape index (κ2) is 6.53. The van der Waals surface area contributed by atoms with Crippen LogP contribution in [-0.2, 0) is 26.9 Å². The van der Waals surface area contributed by atoms with Crippen LogP contribution >= 0.6 is 0 Å². The predicted molar refractivity (Wildman–Crippen MR) is 77.6 cm³/mol. The lowest BCUT2D eigenvalue weighted by molar-refractivity contribution is -0.177. The van der Waals surface area contributed by atoms with Gasteiger partial charge in [0.25, 0.3) is 0 Å². The van der Waals surface area contributed by atoms with Crippen LogP contribution in [0.5, 0.6) is 0 Å². The van der Waals surface area contributed by atoms with Crippen LogP contribution in [0.2, 0.25) is 0 Å². The molecule has 0 bridgehead atoms. The largest absolute Gasteiger partial charge is 0.458 e. The number of carbonyl (C=O) groups excluding carboxylic acids is 2. The monoisotopic (exact) mass is 346 g/mol. The number of hydrogen-bond acceptors (Lipinski definition) is 3. The van der Waals surface area contributed by atoms with Crippen molar-refractivity contribution in [2.75, 3.05) is 0 Å². The first-order valence-electron chi connectivity index (χ1n) is 7.62. The first-order valence-corrected chi connectivity index (χ1v) is 7.62. The molecule has 0 aromatic heterocycles. The van der Waals surface area contributed by atoms with Crippen LogP contribution in [-0.4, -0.2) is 17.4 Å². The molecule has 3 nitrogen and oxygen atoms in total. The van der Waals surface area contributed by atoms with Gasteiger partial charge in [-0.25, -0.2) is 4.39 Å². The standard InChI is InChI=1S/C17H18F4O3/c1-10(2)16(9-14(22)8-15(23)24-16)4-3-11-5-12(17(19,20)21)7-13(18)6-11/h5-7,10H,3-4,8-9H2,1-2H3. The minimum Gasteiger partial charge on any atom is -0.458 e. The molecule has 1 aromatic rings. The molecule has 0 amide bonds. The summed E-state index contributed by atoms with van der Waals surface area (Å²) in [5, 5.41) is 0. The number of hydrogen-bond donors (Lipinski definition) is 0. The summed E-state index contributed by atoms with van der Waals surface area (Å²) in [6.45, 7) is 3.55. The Morgan fingerprint density at radius 3 is 2.42 bits per heavy atom. The topological polar surface area (TPSA) is 43.4 Å². The Hall–Kier alpha value is -1.92. The highest BCUT2D eigenvalue weighted by molar-refractivity contribution is 5.98. The SMILES string of the molecule is CC(C)C1(CCc2cc(F)cc(C(F)(F)F)c2)CC(=O)CC(=O)O1. The van der Waals surface area contributed by atoms with Gasteiger partial charge in [-0.05, 0) is 42.5 Å². The summed E-state index contributed by atoms with van der Waals surface area (Å²) in [5.74, 6) is -2.05. The highest BCUT2D eigenvalue weighted by Crippen LogP contribution is 2.36. The number of rotatable bonds is 4. The zero-order valence-electron chi connectivity index (χ0n) is 13.4. The van der Waals surface area contributed by atoms with Gasteiger partial charge in [0.05, 0.1) is 5.56 Å². The van der Waals surface area contributed by atoms with Crippen molar-refractivity contribution in [3.8, 4) is 0 Å². The Labute approximate surface area is 137 Å². The summed E-state index contributed by atoms with van der Waals surface area (Å²) >= 11 is 0. The summed E-state index contributed by atoms with van der Waals surface area (Å²) in [5.41, 5.74) is -1.97. The molecule has 1 aromatic carbocycles. The Bertz CT molecular complexity index is 634. The molecule has 1 unspecified atom stereocenters. The van der Waals surface area contributed by atoms with Gasteiger partial charge < -0.3 is 4.74 Å². The number of carbonyl (C=O) groups is 2. The van der Waals surface area contributed by atoms with Gasteiger partial charge in [0.15, 0.2) is 0 Å². The summed E-state index contributed by atoms with van der Waals surface area (Å²) in [4.78, 5) is 23.3. The summed E-state index contributed by atoms with van der Waals surface area (Å²) in [6, 6.07) is 2.34. The third kappa shape index (κ3) is 4.13. The van der Waals surface area contributed by atoms with E-state index >= 15 is 0 Å². The number of benzene rings is 1. The predicted octanol–water partition coefficient (Wildman–Crippen LogP) is 4.08. The van der Waals surface area contributed by atoms with Crippen LogP contribution in [0.15, 0.2) is 18.2 Å². The second-order valence-electron chi connectivity index (χ2n) is 6.43. The maximum Gasteiger partial charge on any atom is 0.416 e. The van der Waals surface area contributed by atoms with Crippen molar-refractivity contribution in [3.05, 3.63) is 35.1 Å². The lowest BCUT2D eigenvalue weighted by Gasteiger charge is -2.39. The third-order valence-corrected chi connectivity index (χ3v) is 4.33. The third-order valence-electron chi connectivity index (χ3n) is 4.33. The van der Waals surface area contributed by atoms with Gasteiger partial charge in [-0.1, -0.05) is 13.8 Å². The Kier molecular flexibility index (Phi) is 5.01. The van der Waals surface area contributed by atoms with E-state index in [2.05, 4.69) is 0 Å². The molecule has 1 fully saturated rings. The number of Topliss-reactive ketones (excluding diaryl/α,β-unsaturated/α-hetero) is 1. The number of esters is 1. The first kappa shape index (κ1) is 18.4. The van der Waals surface area contributed by atoms with Crippen molar-refractivity contribution >= 4 is 11.8 Å². The zero-order chi connectivity index (χ0) is 18.1. The van der Waals surface area contributed by atoms with E-state index in [1.54, 1.807) is 13.8 Å². The fourth-order valence-corrected chi connectivity index (χ4v) is 2.92. The summed E-state index contributed by atoms with van der Waals surface area (Å²) < 4.78 is 57.1. The molecule has 1 aliphatic rings. The van der Waals surface area contributed by atoms with Crippen molar-refractivity contribution in [1.29, 1.82) is 0 Å². The molecule has 0 saturated carbocycles. The molecule has 0 N–H and O–H groups in total. The smallest absolute Gasteiger partial charge is 0.416 e. The zero-order valence-corrected chi connectivity index (χ0v) is 13.4. The maximum absolute atomic E-state index is 13.5. The van der Waals surface area contributed by atoms with Crippen LogP contribution in [0.4, 0.5) is 17.6 Å². The molecule has 0 spiro atoms. The van der Waals surface area contributed by atoms with Gasteiger partial charge >= 0.3 is 12.1 Å². The van der Waals surface area contributed by atoms with Crippen molar-refractivity contribution in [2.45, 2.75) is 51.3 Å². The Balaban J connectivity index is 2.23. The van der Waals surface area contributed by atoms with Crippen molar-refractivity contribution in [1.82, 2.24) is 0 Å². The summed E-state index contributed by atoms with van der Waals surface area (Å²) in [7, 11) is 0. The quantitative estimate of drug-likeness (QED) is 0.469. The van der Waals surface area contributed by atoms with E-state index in [1.807, 2.05) is 0 Å². The van der Waals surface area contributed by atoms with Crippen LogP contribution in [0.1, 0.15) is 44.2 Å². The molecule has 7 heteroatoms. The molecule has 1 saturated heterocycles. The molecule has 1 atom stereocenters.